The predicted octanol–water partition coefficient (Wildman–Crippen LogP) is 0.886. The van der Waals surface area contributed by atoms with Gasteiger partial charge in [0.15, 0.2) is 12.0 Å². The van der Waals surface area contributed by atoms with Gasteiger partial charge in [0.05, 0.1) is 25.3 Å². The lowest BCUT2D eigenvalue weighted by Crippen LogP contribution is -2.52. The maximum Gasteiger partial charge on any atom is 0.492 e. The quantitative estimate of drug-likeness (QED) is 0.558. The summed E-state index contributed by atoms with van der Waals surface area (Å²) in [5.74, 6) is 0.599. The van der Waals surface area contributed by atoms with Crippen molar-refractivity contribution in [1.29, 1.82) is 0 Å². The first-order valence-electron chi connectivity index (χ1n) is 9.09. The standard InChI is InChI=1S/C19H20BFN4O4/c1-11-9-25(18-14-5-4-13(21)8-16(14)22-10-23-18)24-19(29-11)12-3-6-15(20(26)27)17(7-12)28-2/h3-8,10-11,19,24,26-27H,9H2,1-2H3. The fourth-order valence-corrected chi connectivity index (χ4v) is 3.39. The normalized spacial score (nSPS) is 19.4. The second kappa shape index (κ2) is 7.92. The summed E-state index contributed by atoms with van der Waals surface area (Å²) < 4.78 is 24.9. The predicted molar refractivity (Wildman–Crippen MR) is 106 cm³/mol. The van der Waals surface area contributed by atoms with E-state index >= 15 is 0 Å². The van der Waals surface area contributed by atoms with Gasteiger partial charge < -0.3 is 19.5 Å². The van der Waals surface area contributed by atoms with Crippen LogP contribution in [0.1, 0.15) is 18.7 Å². The van der Waals surface area contributed by atoms with Gasteiger partial charge in [-0.15, -0.1) is 0 Å². The van der Waals surface area contributed by atoms with E-state index in [1.165, 1.54) is 25.6 Å². The van der Waals surface area contributed by atoms with Crippen molar-refractivity contribution in [3.05, 3.63) is 54.1 Å². The molecule has 1 saturated heterocycles. The molecule has 0 radical (unpaired) electrons. The van der Waals surface area contributed by atoms with E-state index in [1.807, 2.05) is 11.9 Å². The van der Waals surface area contributed by atoms with Crippen LogP contribution in [0.3, 0.4) is 0 Å². The number of halogens is 1. The highest BCUT2D eigenvalue weighted by molar-refractivity contribution is 6.59. The minimum absolute atomic E-state index is 0.138. The van der Waals surface area contributed by atoms with Crippen LogP contribution in [0.2, 0.25) is 0 Å². The van der Waals surface area contributed by atoms with Crippen LogP contribution >= 0.6 is 0 Å². The molecule has 0 bridgehead atoms. The van der Waals surface area contributed by atoms with Crippen molar-refractivity contribution >= 4 is 29.3 Å². The number of nitrogens with one attached hydrogen (secondary N) is 1. The minimum Gasteiger partial charge on any atom is -0.497 e. The van der Waals surface area contributed by atoms with Crippen LogP contribution in [-0.2, 0) is 4.74 Å². The van der Waals surface area contributed by atoms with Gasteiger partial charge in [-0.3, -0.25) is 5.01 Å². The smallest absolute Gasteiger partial charge is 0.492 e. The summed E-state index contributed by atoms with van der Waals surface area (Å²) in [6.45, 7) is 2.46. The number of anilines is 1. The molecule has 150 valence electrons. The molecule has 1 aliphatic rings. The molecule has 2 unspecified atom stereocenters. The zero-order valence-electron chi connectivity index (χ0n) is 15.9. The number of methoxy groups -OCH3 is 1. The van der Waals surface area contributed by atoms with Gasteiger partial charge in [-0.05, 0) is 25.1 Å². The molecule has 2 aromatic carbocycles. The average Bonchev–Trinajstić information content (AvgIpc) is 2.72. The van der Waals surface area contributed by atoms with Gasteiger partial charge in [0.1, 0.15) is 17.9 Å². The first-order valence-corrected chi connectivity index (χ1v) is 9.09. The van der Waals surface area contributed by atoms with Crippen molar-refractivity contribution in [2.75, 3.05) is 18.7 Å². The molecule has 1 aromatic heterocycles. The molecule has 1 fully saturated rings. The summed E-state index contributed by atoms with van der Waals surface area (Å²) in [4.78, 5) is 8.52. The molecule has 10 heteroatoms. The zero-order chi connectivity index (χ0) is 20.5. The summed E-state index contributed by atoms with van der Waals surface area (Å²) in [5, 5.41) is 21.5. The van der Waals surface area contributed by atoms with Crippen molar-refractivity contribution < 1.29 is 23.9 Å². The topological polar surface area (TPSA) is 100.0 Å². The van der Waals surface area contributed by atoms with Gasteiger partial charge >= 0.3 is 7.12 Å². The molecule has 8 nitrogen and oxygen atoms in total. The lowest BCUT2D eigenvalue weighted by atomic mass is 9.79. The van der Waals surface area contributed by atoms with Gasteiger partial charge in [-0.1, -0.05) is 12.1 Å². The third-order valence-corrected chi connectivity index (χ3v) is 4.75. The van der Waals surface area contributed by atoms with Gasteiger partial charge in [-0.25, -0.2) is 19.8 Å². The summed E-state index contributed by atoms with van der Waals surface area (Å²) in [5.41, 5.74) is 4.79. The first-order chi connectivity index (χ1) is 14.0. The van der Waals surface area contributed by atoms with Crippen molar-refractivity contribution in [2.24, 2.45) is 0 Å². The third kappa shape index (κ3) is 3.88. The molecule has 0 amide bonds. The number of benzene rings is 2. The Morgan fingerprint density at radius 1 is 1.24 bits per heavy atom. The van der Waals surface area contributed by atoms with E-state index in [0.717, 1.165) is 5.56 Å². The molecular formula is C19H20BFN4O4. The maximum atomic E-state index is 13.6. The van der Waals surface area contributed by atoms with Gasteiger partial charge in [0.25, 0.3) is 0 Å². The van der Waals surface area contributed by atoms with Crippen molar-refractivity contribution in [2.45, 2.75) is 19.3 Å². The largest absolute Gasteiger partial charge is 0.497 e. The van der Waals surface area contributed by atoms with Gasteiger partial charge in [0.2, 0.25) is 0 Å². The Hall–Kier alpha value is -2.79. The van der Waals surface area contributed by atoms with E-state index in [0.29, 0.717) is 29.0 Å². The van der Waals surface area contributed by atoms with Crippen molar-refractivity contribution in [3.63, 3.8) is 0 Å². The summed E-state index contributed by atoms with van der Waals surface area (Å²) in [7, 11) is -0.177. The second-order valence-electron chi connectivity index (χ2n) is 6.80. The molecular weight excluding hydrogens is 378 g/mol. The minimum atomic E-state index is -1.64. The molecule has 4 rings (SSSR count). The molecule has 0 saturated carbocycles. The number of fused-ring (bicyclic) bond motifs is 1. The summed E-state index contributed by atoms with van der Waals surface area (Å²) >= 11 is 0. The number of hydrogen-bond donors (Lipinski definition) is 3. The monoisotopic (exact) mass is 398 g/mol. The Morgan fingerprint density at radius 3 is 2.83 bits per heavy atom. The highest BCUT2D eigenvalue weighted by Gasteiger charge is 2.29. The Bertz CT molecular complexity index is 1040. The molecule has 0 spiro atoms. The van der Waals surface area contributed by atoms with E-state index in [9.17, 15) is 14.4 Å². The number of nitrogens with zero attached hydrogens (tertiary/aromatic N) is 3. The SMILES string of the molecule is COc1cc(C2NN(c3ncnc4cc(F)ccc34)CC(C)O2)ccc1B(O)O. The van der Waals surface area contributed by atoms with E-state index in [1.54, 1.807) is 24.3 Å². The first kappa shape index (κ1) is 19.5. The van der Waals surface area contributed by atoms with Crippen molar-refractivity contribution in [1.82, 2.24) is 15.4 Å². The van der Waals surface area contributed by atoms with Gasteiger partial charge in [0, 0.05) is 22.5 Å². The van der Waals surface area contributed by atoms with Gasteiger partial charge in [-0.2, -0.15) is 0 Å². The molecule has 29 heavy (non-hydrogen) atoms. The van der Waals surface area contributed by atoms with Crippen LogP contribution in [0.5, 0.6) is 5.75 Å². The number of rotatable bonds is 4. The molecule has 1 aliphatic heterocycles. The summed E-state index contributed by atoms with van der Waals surface area (Å²) in [6.07, 6.45) is 0.734. The highest BCUT2D eigenvalue weighted by atomic mass is 19.1. The van der Waals surface area contributed by atoms with Crippen LogP contribution in [0.15, 0.2) is 42.7 Å². The molecule has 3 N–H and O–H groups in total. The maximum absolute atomic E-state index is 13.6. The molecule has 0 aliphatic carbocycles. The third-order valence-electron chi connectivity index (χ3n) is 4.75. The second-order valence-corrected chi connectivity index (χ2v) is 6.80. The Labute approximate surface area is 167 Å². The number of aromatic nitrogens is 2. The van der Waals surface area contributed by atoms with Crippen LogP contribution in [0.4, 0.5) is 10.2 Å². The number of ether oxygens (including phenoxy) is 2. The lowest BCUT2D eigenvalue weighted by Gasteiger charge is -2.38. The fourth-order valence-electron chi connectivity index (χ4n) is 3.39. The Morgan fingerprint density at radius 2 is 2.07 bits per heavy atom. The van der Waals surface area contributed by atoms with Crippen LogP contribution in [-0.4, -0.2) is 46.9 Å². The average molecular weight is 398 g/mol. The van der Waals surface area contributed by atoms with Crippen LogP contribution in [0.25, 0.3) is 10.9 Å². The highest BCUT2D eigenvalue weighted by Crippen LogP contribution is 2.29. The van der Waals surface area contributed by atoms with Crippen molar-refractivity contribution in [3.8, 4) is 5.75 Å². The Balaban J connectivity index is 1.68. The molecule has 2 heterocycles. The van der Waals surface area contributed by atoms with Crippen LogP contribution in [0, 0.1) is 5.82 Å². The van der Waals surface area contributed by atoms with E-state index in [2.05, 4.69) is 15.4 Å². The molecule has 2 atom stereocenters. The Kier molecular flexibility index (Phi) is 5.33. The van der Waals surface area contributed by atoms with E-state index < -0.39 is 13.3 Å². The fraction of sp³-hybridized carbons (Fsp3) is 0.263. The zero-order valence-corrected chi connectivity index (χ0v) is 15.9. The van der Waals surface area contributed by atoms with Crippen LogP contribution < -0.4 is 20.6 Å². The number of hydrogen-bond acceptors (Lipinski definition) is 8. The summed E-state index contributed by atoms with van der Waals surface area (Å²) in [6, 6.07) is 9.40. The lowest BCUT2D eigenvalue weighted by molar-refractivity contribution is -0.0495. The molecule has 3 aromatic rings. The van der Waals surface area contributed by atoms with E-state index in [4.69, 9.17) is 9.47 Å². The van der Waals surface area contributed by atoms with E-state index in [-0.39, 0.29) is 17.4 Å². The number of hydrazine groups is 1.